The minimum atomic E-state index is -3.91. The fourth-order valence-electron chi connectivity index (χ4n) is 1.21. The van der Waals surface area contributed by atoms with Crippen LogP contribution in [0.25, 0.3) is 0 Å². The normalized spacial score (nSPS) is 12.8. The second kappa shape index (κ2) is 6.35. The van der Waals surface area contributed by atoms with Crippen LogP contribution in [0.1, 0.15) is 0 Å². The summed E-state index contributed by atoms with van der Waals surface area (Å²) in [5, 5.41) is 0. The molecule has 0 aromatic carbocycles. The van der Waals surface area contributed by atoms with Crippen molar-refractivity contribution in [1.82, 2.24) is 14.0 Å². The number of nitrogens with two attached hydrogens (primary N) is 1. The third kappa shape index (κ3) is 4.38. The molecule has 20 heavy (non-hydrogen) atoms. The number of nitrogen functional groups attached to an aromatic ring is 1. The Morgan fingerprint density at radius 3 is 2.50 bits per heavy atom. The Kier molecular flexibility index (Phi) is 5.49. The third-order valence-electron chi connectivity index (χ3n) is 2.35. The highest BCUT2D eigenvalue weighted by molar-refractivity contribution is 9.10. The standard InChI is InChI=1S/C9H15BrN4O4S2/c1-14(2)19(15,16)4-3-13-20(17,18)8-5-7(10)6-12-9(8)11/h5-6,13H,3-4H2,1-2H3,(H2,11,12). The summed E-state index contributed by atoms with van der Waals surface area (Å²) in [5.74, 6) is -0.503. The Morgan fingerprint density at radius 1 is 1.35 bits per heavy atom. The molecule has 1 heterocycles. The predicted octanol–water partition coefficient (Wildman–Crippen LogP) is -0.404. The van der Waals surface area contributed by atoms with Crippen LogP contribution in [0.4, 0.5) is 5.82 Å². The zero-order valence-electron chi connectivity index (χ0n) is 10.9. The van der Waals surface area contributed by atoms with Gasteiger partial charge in [-0.3, -0.25) is 0 Å². The van der Waals surface area contributed by atoms with Gasteiger partial charge in [-0.15, -0.1) is 0 Å². The van der Waals surface area contributed by atoms with Gasteiger partial charge < -0.3 is 5.73 Å². The van der Waals surface area contributed by atoms with Crippen LogP contribution in [-0.4, -0.2) is 52.5 Å². The number of rotatable bonds is 6. The summed E-state index contributed by atoms with van der Waals surface area (Å²) in [6.45, 7) is -0.255. The van der Waals surface area contributed by atoms with Crippen LogP contribution in [-0.2, 0) is 20.0 Å². The quantitative estimate of drug-likeness (QED) is 0.685. The van der Waals surface area contributed by atoms with E-state index in [9.17, 15) is 16.8 Å². The van der Waals surface area contributed by atoms with E-state index in [-0.39, 0.29) is 23.0 Å². The number of sulfonamides is 2. The van der Waals surface area contributed by atoms with Crippen molar-refractivity contribution >= 4 is 41.8 Å². The van der Waals surface area contributed by atoms with Crippen LogP contribution in [0.3, 0.4) is 0 Å². The van der Waals surface area contributed by atoms with Gasteiger partial charge in [-0.25, -0.2) is 30.8 Å². The summed E-state index contributed by atoms with van der Waals surface area (Å²) in [6.07, 6.45) is 1.37. The summed E-state index contributed by atoms with van der Waals surface area (Å²) in [5.41, 5.74) is 5.50. The first-order chi connectivity index (χ1) is 9.06. The number of hydrogen-bond acceptors (Lipinski definition) is 6. The lowest BCUT2D eigenvalue weighted by atomic mass is 10.5. The number of aromatic nitrogens is 1. The molecule has 0 unspecified atom stereocenters. The van der Waals surface area contributed by atoms with Crippen molar-refractivity contribution in [1.29, 1.82) is 0 Å². The molecule has 1 aromatic rings. The number of pyridine rings is 1. The lowest BCUT2D eigenvalue weighted by Crippen LogP contribution is -2.34. The number of hydrogen-bond donors (Lipinski definition) is 2. The first-order valence-corrected chi connectivity index (χ1v) is 9.25. The molecule has 1 rings (SSSR count). The van der Waals surface area contributed by atoms with E-state index in [4.69, 9.17) is 5.73 Å². The van der Waals surface area contributed by atoms with Gasteiger partial charge in [0.25, 0.3) is 0 Å². The van der Waals surface area contributed by atoms with Crippen molar-refractivity contribution in [3.63, 3.8) is 0 Å². The Bertz CT molecular complexity index is 688. The molecule has 0 saturated carbocycles. The second-order valence-corrected chi connectivity index (χ2v) is 8.99. The van der Waals surface area contributed by atoms with Crippen LogP contribution in [0.5, 0.6) is 0 Å². The molecule has 0 aliphatic carbocycles. The highest BCUT2D eigenvalue weighted by atomic mass is 79.9. The van der Waals surface area contributed by atoms with Crippen molar-refractivity contribution in [3.05, 3.63) is 16.7 Å². The molecule has 0 atom stereocenters. The smallest absolute Gasteiger partial charge is 0.244 e. The Labute approximate surface area is 126 Å². The predicted molar refractivity (Wildman–Crippen MR) is 79.0 cm³/mol. The molecule has 0 amide bonds. The first kappa shape index (κ1) is 17.3. The number of nitrogens with one attached hydrogen (secondary N) is 1. The van der Waals surface area contributed by atoms with Gasteiger partial charge in [-0.2, -0.15) is 0 Å². The van der Waals surface area contributed by atoms with E-state index < -0.39 is 20.0 Å². The Balaban J connectivity index is 2.84. The fraction of sp³-hybridized carbons (Fsp3) is 0.444. The van der Waals surface area contributed by atoms with Crippen LogP contribution in [0, 0.1) is 0 Å². The van der Waals surface area contributed by atoms with Gasteiger partial charge in [0.2, 0.25) is 20.0 Å². The van der Waals surface area contributed by atoms with E-state index in [0.29, 0.717) is 4.47 Å². The highest BCUT2D eigenvalue weighted by Crippen LogP contribution is 2.20. The van der Waals surface area contributed by atoms with Gasteiger partial charge in [0.15, 0.2) is 0 Å². The van der Waals surface area contributed by atoms with Crippen molar-refractivity contribution in [2.75, 3.05) is 32.1 Å². The summed E-state index contributed by atoms with van der Waals surface area (Å²) in [6, 6.07) is 1.30. The lowest BCUT2D eigenvalue weighted by molar-refractivity contribution is 0.519. The third-order valence-corrected chi connectivity index (χ3v) is 6.10. The SMILES string of the molecule is CN(C)S(=O)(=O)CCNS(=O)(=O)c1cc(Br)cnc1N. The zero-order chi connectivity index (χ0) is 15.6. The van der Waals surface area contributed by atoms with E-state index >= 15 is 0 Å². The fourth-order valence-corrected chi connectivity index (χ4v) is 3.69. The van der Waals surface area contributed by atoms with Crippen LogP contribution in [0.15, 0.2) is 21.6 Å². The topological polar surface area (TPSA) is 122 Å². The first-order valence-electron chi connectivity index (χ1n) is 5.37. The van der Waals surface area contributed by atoms with E-state index in [1.54, 1.807) is 0 Å². The maximum atomic E-state index is 12.0. The molecule has 114 valence electrons. The molecule has 1 aromatic heterocycles. The maximum Gasteiger partial charge on any atom is 0.244 e. The Morgan fingerprint density at radius 2 is 1.95 bits per heavy atom. The molecule has 0 bridgehead atoms. The average Bonchev–Trinajstić information content (AvgIpc) is 2.31. The lowest BCUT2D eigenvalue weighted by Gasteiger charge is -2.12. The van der Waals surface area contributed by atoms with Gasteiger partial charge >= 0.3 is 0 Å². The molecule has 0 radical (unpaired) electrons. The summed E-state index contributed by atoms with van der Waals surface area (Å²) in [4.78, 5) is 3.52. The van der Waals surface area contributed by atoms with Crippen molar-refractivity contribution in [3.8, 4) is 0 Å². The monoisotopic (exact) mass is 386 g/mol. The Hall–Kier alpha value is -0.750. The summed E-state index contributed by atoms with van der Waals surface area (Å²) in [7, 11) is -4.63. The summed E-state index contributed by atoms with van der Waals surface area (Å²) >= 11 is 3.09. The largest absolute Gasteiger partial charge is 0.383 e. The van der Waals surface area contributed by atoms with Gasteiger partial charge in [0.1, 0.15) is 10.7 Å². The number of halogens is 1. The van der Waals surface area contributed by atoms with Crippen molar-refractivity contribution in [2.24, 2.45) is 0 Å². The van der Waals surface area contributed by atoms with Crippen LogP contribution >= 0.6 is 15.9 Å². The molecule has 0 aliphatic rings. The maximum absolute atomic E-state index is 12.0. The summed E-state index contributed by atoms with van der Waals surface area (Å²) < 4.78 is 50.7. The highest BCUT2D eigenvalue weighted by Gasteiger charge is 2.20. The molecule has 0 fully saturated rings. The molecule has 11 heteroatoms. The molecule has 0 aliphatic heterocycles. The molecular formula is C9H15BrN4O4S2. The van der Waals surface area contributed by atoms with Crippen molar-refractivity contribution < 1.29 is 16.8 Å². The van der Waals surface area contributed by atoms with E-state index in [0.717, 1.165) is 4.31 Å². The van der Waals surface area contributed by atoms with Gasteiger partial charge in [0, 0.05) is 31.3 Å². The molecule has 0 spiro atoms. The molecule has 0 saturated heterocycles. The minimum absolute atomic E-state index is 0.156. The number of nitrogens with zero attached hydrogens (tertiary/aromatic N) is 2. The zero-order valence-corrected chi connectivity index (χ0v) is 14.1. The van der Waals surface area contributed by atoms with E-state index in [1.807, 2.05) is 0 Å². The minimum Gasteiger partial charge on any atom is -0.383 e. The van der Waals surface area contributed by atoms with Crippen LogP contribution < -0.4 is 10.5 Å². The van der Waals surface area contributed by atoms with Gasteiger partial charge in [-0.1, -0.05) is 0 Å². The second-order valence-electron chi connectivity index (χ2n) is 4.03. The van der Waals surface area contributed by atoms with E-state index in [1.165, 1.54) is 26.4 Å². The van der Waals surface area contributed by atoms with E-state index in [2.05, 4.69) is 25.6 Å². The average molecular weight is 387 g/mol. The molecular weight excluding hydrogens is 372 g/mol. The van der Waals surface area contributed by atoms with Gasteiger partial charge in [0.05, 0.1) is 5.75 Å². The molecule has 8 nitrogen and oxygen atoms in total. The number of anilines is 1. The van der Waals surface area contributed by atoms with Gasteiger partial charge in [-0.05, 0) is 22.0 Å². The van der Waals surface area contributed by atoms with Crippen molar-refractivity contribution in [2.45, 2.75) is 4.90 Å². The van der Waals surface area contributed by atoms with Crippen LogP contribution in [0.2, 0.25) is 0 Å². The molecule has 3 N–H and O–H groups in total.